The monoisotopic (exact) mass is 270 g/mol. The molecule has 0 saturated carbocycles. The Morgan fingerprint density at radius 3 is 2.55 bits per heavy atom. The van der Waals surface area contributed by atoms with Crippen molar-refractivity contribution in [1.29, 1.82) is 0 Å². The molecule has 0 unspecified atom stereocenters. The lowest BCUT2D eigenvalue weighted by atomic mass is 10.1. The van der Waals surface area contributed by atoms with Gasteiger partial charge in [0.25, 0.3) is 0 Å². The molecule has 106 valence electrons. The minimum atomic E-state index is -0.235. The van der Waals surface area contributed by atoms with Crippen LogP contribution in [0.1, 0.15) is 67.3 Å². The van der Waals surface area contributed by atoms with Gasteiger partial charge >= 0.3 is 5.97 Å². The zero-order valence-electron chi connectivity index (χ0n) is 12.0. The Morgan fingerprint density at radius 1 is 0.950 bits per heavy atom. The average molecular weight is 270 g/mol. The summed E-state index contributed by atoms with van der Waals surface area (Å²) in [5.74, 6) is 6.08. The van der Waals surface area contributed by atoms with Crippen LogP contribution in [0.4, 0.5) is 0 Å². The summed E-state index contributed by atoms with van der Waals surface area (Å²) in [6.45, 7) is 0.523. The smallest absolute Gasteiger partial charge is 0.338 e. The summed E-state index contributed by atoms with van der Waals surface area (Å²) >= 11 is 0. The van der Waals surface area contributed by atoms with E-state index in [1.54, 1.807) is 6.07 Å². The molecule has 2 heteroatoms. The second-order valence-corrected chi connectivity index (χ2v) is 5.24. The first-order valence-corrected chi connectivity index (χ1v) is 7.62. The standard InChI is InChI=1S/C18H22O2/c19-18-17-13-10-12-16(15-17)11-8-6-4-2-1-3-5-7-9-14-20-18/h10,12-13,15H,1-7,9,14H2. The van der Waals surface area contributed by atoms with Gasteiger partial charge in [-0.25, -0.2) is 4.79 Å². The molecular weight excluding hydrogens is 248 g/mol. The van der Waals surface area contributed by atoms with Crippen LogP contribution < -0.4 is 0 Å². The number of ether oxygens (including phenoxy) is 1. The molecular formula is C18H22O2. The fourth-order valence-electron chi connectivity index (χ4n) is 2.34. The first-order valence-electron chi connectivity index (χ1n) is 7.62. The number of cyclic esters (lactones) is 1. The highest BCUT2D eigenvalue weighted by Gasteiger charge is 2.07. The van der Waals surface area contributed by atoms with Crippen LogP contribution in [-0.2, 0) is 4.74 Å². The Bertz CT molecular complexity index is 494. The van der Waals surface area contributed by atoms with Gasteiger partial charge in [-0.1, -0.05) is 50.0 Å². The van der Waals surface area contributed by atoms with Gasteiger partial charge in [0.05, 0.1) is 12.2 Å². The maximum Gasteiger partial charge on any atom is 0.338 e. The zero-order valence-corrected chi connectivity index (χ0v) is 12.0. The van der Waals surface area contributed by atoms with Crippen LogP contribution in [0, 0.1) is 11.8 Å². The number of carbonyl (C=O) groups is 1. The summed E-state index contributed by atoms with van der Waals surface area (Å²) in [4.78, 5) is 11.9. The van der Waals surface area contributed by atoms with Crippen molar-refractivity contribution in [3.05, 3.63) is 35.4 Å². The van der Waals surface area contributed by atoms with Gasteiger partial charge in [0.15, 0.2) is 0 Å². The lowest BCUT2D eigenvalue weighted by Gasteiger charge is -2.06. The van der Waals surface area contributed by atoms with E-state index >= 15 is 0 Å². The van der Waals surface area contributed by atoms with Crippen LogP contribution in [0.15, 0.2) is 24.3 Å². The molecule has 0 radical (unpaired) electrons. The lowest BCUT2D eigenvalue weighted by molar-refractivity contribution is 0.0497. The number of hydrogen-bond donors (Lipinski definition) is 0. The van der Waals surface area contributed by atoms with Gasteiger partial charge < -0.3 is 4.74 Å². The van der Waals surface area contributed by atoms with E-state index in [4.69, 9.17) is 4.74 Å². The molecule has 2 nitrogen and oxygen atoms in total. The van der Waals surface area contributed by atoms with Crippen LogP contribution in [-0.4, -0.2) is 12.6 Å². The Kier molecular flexibility index (Phi) is 6.17. The molecule has 0 aliphatic carbocycles. The van der Waals surface area contributed by atoms with E-state index in [9.17, 15) is 4.79 Å². The average Bonchev–Trinajstić information content (AvgIpc) is 2.47. The van der Waals surface area contributed by atoms with E-state index in [1.165, 1.54) is 32.1 Å². The van der Waals surface area contributed by atoms with Gasteiger partial charge in [-0.15, -0.1) is 0 Å². The summed E-state index contributed by atoms with van der Waals surface area (Å²) in [6, 6.07) is 7.41. The summed E-state index contributed by atoms with van der Waals surface area (Å²) in [5, 5.41) is 0. The van der Waals surface area contributed by atoms with Crippen LogP contribution in [0.25, 0.3) is 0 Å². The van der Waals surface area contributed by atoms with E-state index < -0.39 is 0 Å². The number of fused-ring (bicyclic) bond motifs is 2. The zero-order chi connectivity index (χ0) is 14.0. The molecule has 0 saturated heterocycles. The van der Waals surface area contributed by atoms with Crippen molar-refractivity contribution in [2.24, 2.45) is 0 Å². The molecule has 0 N–H and O–H groups in total. The SMILES string of the molecule is O=C1OCCCCCCCCCC#Cc2cccc1c2. The summed E-state index contributed by atoms with van der Waals surface area (Å²) < 4.78 is 5.29. The van der Waals surface area contributed by atoms with Gasteiger partial charge in [0.1, 0.15) is 0 Å². The second kappa shape index (κ2) is 8.43. The first kappa shape index (κ1) is 14.7. The third kappa shape index (κ3) is 5.09. The molecule has 0 spiro atoms. The molecule has 0 amide bonds. The maximum atomic E-state index is 11.9. The van der Waals surface area contributed by atoms with Crippen molar-refractivity contribution < 1.29 is 9.53 Å². The van der Waals surface area contributed by atoms with Crippen LogP contribution in [0.2, 0.25) is 0 Å². The third-order valence-electron chi connectivity index (χ3n) is 3.51. The Labute approximate surface area is 121 Å². The predicted octanol–water partition coefficient (Wildman–Crippen LogP) is 4.33. The largest absolute Gasteiger partial charge is 0.462 e. The van der Waals surface area contributed by atoms with Gasteiger partial charge in [-0.3, -0.25) is 0 Å². The van der Waals surface area contributed by atoms with Crippen LogP contribution >= 0.6 is 0 Å². The summed E-state index contributed by atoms with van der Waals surface area (Å²) in [6.07, 6.45) is 9.29. The van der Waals surface area contributed by atoms with Crippen LogP contribution in [0.5, 0.6) is 0 Å². The molecule has 0 atom stereocenters. The first-order chi connectivity index (χ1) is 9.86. The fraction of sp³-hybridized carbons (Fsp3) is 0.500. The van der Waals surface area contributed by atoms with Crippen molar-refractivity contribution in [2.45, 2.75) is 51.4 Å². The lowest BCUT2D eigenvalue weighted by Crippen LogP contribution is -2.06. The summed E-state index contributed by atoms with van der Waals surface area (Å²) in [7, 11) is 0. The van der Waals surface area contributed by atoms with E-state index in [0.29, 0.717) is 12.2 Å². The number of esters is 1. The van der Waals surface area contributed by atoms with Gasteiger partial charge in [0, 0.05) is 12.0 Å². The highest BCUT2D eigenvalue weighted by Crippen LogP contribution is 2.11. The van der Waals surface area contributed by atoms with Crippen molar-refractivity contribution in [3.63, 3.8) is 0 Å². The second-order valence-electron chi connectivity index (χ2n) is 5.24. The Balaban J connectivity index is 2.04. The number of benzene rings is 1. The van der Waals surface area contributed by atoms with E-state index in [2.05, 4.69) is 11.8 Å². The molecule has 1 aromatic rings. The quantitative estimate of drug-likeness (QED) is 0.518. The molecule has 20 heavy (non-hydrogen) atoms. The van der Waals surface area contributed by atoms with E-state index in [0.717, 1.165) is 24.8 Å². The molecule has 1 aliphatic rings. The highest BCUT2D eigenvalue weighted by atomic mass is 16.5. The number of hydrogen-bond acceptors (Lipinski definition) is 2. The maximum absolute atomic E-state index is 11.9. The Hall–Kier alpha value is -1.75. The molecule has 1 aromatic carbocycles. The van der Waals surface area contributed by atoms with Gasteiger partial charge in [-0.05, 0) is 31.0 Å². The van der Waals surface area contributed by atoms with Gasteiger partial charge in [-0.2, -0.15) is 0 Å². The Morgan fingerprint density at radius 2 is 1.70 bits per heavy atom. The highest BCUT2D eigenvalue weighted by molar-refractivity contribution is 5.89. The van der Waals surface area contributed by atoms with Crippen molar-refractivity contribution in [3.8, 4) is 11.8 Å². The predicted molar refractivity (Wildman–Crippen MR) is 80.5 cm³/mol. The minimum absolute atomic E-state index is 0.235. The third-order valence-corrected chi connectivity index (χ3v) is 3.51. The molecule has 0 fully saturated rings. The molecule has 2 bridgehead atoms. The topological polar surface area (TPSA) is 26.3 Å². The molecule has 0 aromatic heterocycles. The molecule has 1 heterocycles. The van der Waals surface area contributed by atoms with Gasteiger partial charge in [0.2, 0.25) is 0 Å². The van der Waals surface area contributed by atoms with Crippen molar-refractivity contribution >= 4 is 5.97 Å². The van der Waals surface area contributed by atoms with E-state index in [1.807, 2.05) is 18.2 Å². The normalized spacial score (nSPS) is 17.7. The van der Waals surface area contributed by atoms with Crippen molar-refractivity contribution in [2.75, 3.05) is 6.61 Å². The summed E-state index contributed by atoms with van der Waals surface area (Å²) in [5.41, 5.74) is 1.50. The molecule has 1 aliphatic heterocycles. The number of carbonyl (C=O) groups excluding carboxylic acids is 1. The van der Waals surface area contributed by atoms with Crippen molar-refractivity contribution in [1.82, 2.24) is 0 Å². The van der Waals surface area contributed by atoms with Crippen LogP contribution in [0.3, 0.4) is 0 Å². The minimum Gasteiger partial charge on any atom is -0.462 e. The van der Waals surface area contributed by atoms with E-state index in [-0.39, 0.29) is 5.97 Å². The fourth-order valence-corrected chi connectivity index (χ4v) is 2.34. The molecule has 2 rings (SSSR count). The number of rotatable bonds is 0.